The molecule has 0 aromatic heterocycles. The molecule has 86 valence electrons. The van der Waals surface area contributed by atoms with Gasteiger partial charge in [-0.25, -0.2) is 4.79 Å². The van der Waals surface area contributed by atoms with Gasteiger partial charge in [-0.15, -0.1) is 16.5 Å². The van der Waals surface area contributed by atoms with Gasteiger partial charge in [-0.3, -0.25) is 4.79 Å². The normalized spacial score (nSPS) is 11.6. The Balaban J connectivity index is 4.30. The molecule has 15 heavy (non-hydrogen) atoms. The summed E-state index contributed by atoms with van der Waals surface area (Å²) in [4.78, 5) is 32.0. The molecule has 3 amide bonds. The number of nitrogens with one attached hydrogen (secondary N) is 1. The molecule has 0 aliphatic carbocycles. The Hall–Kier alpha value is -1.41. The van der Waals surface area contributed by atoms with E-state index in [0.717, 1.165) is 0 Å². The molecule has 0 saturated carbocycles. The Morgan fingerprint density at radius 2 is 2.20 bits per heavy atom. The lowest BCUT2D eigenvalue weighted by molar-refractivity contribution is -0.120. The van der Waals surface area contributed by atoms with Crippen molar-refractivity contribution in [1.29, 1.82) is 0 Å². The van der Waals surface area contributed by atoms with Crippen LogP contribution in [0.5, 0.6) is 0 Å². The summed E-state index contributed by atoms with van der Waals surface area (Å²) in [6.07, 6.45) is 0. The first-order valence-corrected chi connectivity index (χ1v) is 4.47. The van der Waals surface area contributed by atoms with Crippen LogP contribution in [0, 0.1) is 4.91 Å². The van der Waals surface area contributed by atoms with Crippen LogP contribution in [-0.4, -0.2) is 47.1 Å². The number of carbonyl (C=O) groups excluding carboxylic acids is 2. The zero-order valence-electron chi connectivity index (χ0n) is 7.72. The van der Waals surface area contributed by atoms with Crippen molar-refractivity contribution < 1.29 is 14.7 Å². The number of amides is 3. The van der Waals surface area contributed by atoms with E-state index in [1.807, 2.05) is 5.32 Å². The third-order valence-corrected chi connectivity index (χ3v) is 1.62. The van der Waals surface area contributed by atoms with Gasteiger partial charge < -0.3 is 16.2 Å². The maximum Gasteiger partial charge on any atom is 0.341 e. The van der Waals surface area contributed by atoms with Gasteiger partial charge in [-0.05, 0) is 0 Å². The lowest BCUT2D eigenvalue weighted by Gasteiger charge is -2.16. The van der Waals surface area contributed by atoms with E-state index in [4.69, 9.17) is 22.4 Å². The first-order chi connectivity index (χ1) is 7.06. The molecule has 0 spiro atoms. The second kappa shape index (κ2) is 6.96. The third kappa shape index (κ3) is 4.56. The predicted octanol–water partition coefficient (Wildman–Crippen LogP) is -1.24. The van der Waals surface area contributed by atoms with E-state index in [-0.39, 0.29) is 12.4 Å². The second-order valence-electron chi connectivity index (χ2n) is 2.48. The van der Waals surface area contributed by atoms with Crippen LogP contribution in [-0.2, 0) is 4.79 Å². The van der Waals surface area contributed by atoms with Gasteiger partial charge in [0, 0.05) is 5.88 Å². The number of rotatable bonds is 6. The maximum atomic E-state index is 11.2. The van der Waals surface area contributed by atoms with Gasteiger partial charge in [0.25, 0.3) is 0 Å². The number of urea groups is 1. The molecular formula is C6H11ClN4O4. The maximum absolute atomic E-state index is 11.2. The van der Waals surface area contributed by atoms with Gasteiger partial charge in [0.05, 0.1) is 18.4 Å². The van der Waals surface area contributed by atoms with Gasteiger partial charge in [0.2, 0.25) is 5.91 Å². The summed E-state index contributed by atoms with van der Waals surface area (Å²) in [5.41, 5.74) is 4.84. The highest BCUT2D eigenvalue weighted by Gasteiger charge is 2.21. The van der Waals surface area contributed by atoms with Crippen LogP contribution in [0.3, 0.4) is 0 Å². The molecule has 0 fully saturated rings. The summed E-state index contributed by atoms with van der Waals surface area (Å²) < 4.78 is 0. The van der Waals surface area contributed by atoms with E-state index in [1.165, 1.54) is 0 Å². The fraction of sp³-hybridized carbons (Fsp3) is 0.667. The lowest BCUT2D eigenvalue weighted by Crippen LogP contribution is -2.50. The van der Waals surface area contributed by atoms with Crippen molar-refractivity contribution >= 4 is 23.5 Å². The summed E-state index contributed by atoms with van der Waals surface area (Å²) in [5, 5.41) is 13.5. The number of aliphatic hydroxyl groups is 1. The molecule has 0 unspecified atom stereocenters. The molecule has 0 aliphatic heterocycles. The van der Waals surface area contributed by atoms with Gasteiger partial charge in [0.15, 0.2) is 0 Å². The molecule has 8 nitrogen and oxygen atoms in total. The minimum Gasteiger partial charge on any atom is -0.394 e. The molecular weight excluding hydrogens is 228 g/mol. The predicted molar refractivity (Wildman–Crippen MR) is 51.8 cm³/mol. The van der Waals surface area contributed by atoms with Gasteiger partial charge in [-0.2, -0.15) is 5.01 Å². The SMILES string of the molecule is NC(=O)[C@H](CO)NC(=O)N(CCCl)N=O. The van der Waals surface area contributed by atoms with Crippen LogP contribution >= 0.6 is 11.6 Å². The molecule has 0 heterocycles. The summed E-state index contributed by atoms with van der Waals surface area (Å²) in [7, 11) is 0. The number of aliphatic hydroxyl groups excluding tert-OH is 1. The van der Waals surface area contributed by atoms with Gasteiger partial charge in [0.1, 0.15) is 6.04 Å². The number of alkyl halides is 1. The number of nitrogens with zero attached hydrogens (tertiary/aromatic N) is 2. The smallest absolute Gasteiger partial charge is 0.341 e. The van der Waals surface area contributed by atoms with Crippen molar-refractivity contribution in [2.24, 2.45) is 11.0 Å². The summed E-state index contributed by atoms with van der Waals surface area (Å²) >= 11 is 5.29. The van der Waals surface area contributed by atoms with E-state index >= 15 is 0 Å². The highest BCUT2D eigenvalue weighted by Crippen LogP contribution is 1.93. The van der Waals surface area contributed by atoms with Crippen LogP contribution in [0.4, 0.5) is 4.79 Å². The summed E-state index contributed by atoms with van der Waals surface area (Å²) in [6, 6.07) is -2.19. The third-order valence-electron chi connectivity index (χ3n) is 1.45. The number of primary amides is 1. The van der Waals surface area contributed by atoms with Crippen LogP contribution in [0.2, 0.25) is 0 Å². The molecule has 0 aromatic rings. The Morgan fingerprint density at radius 3 is 2.53 bits per heavy atom. The molecule has 0 rings (SSSR count). The van der Waals surface area contributed by atoms with Crippen molar-refractivity contribution in [3.05, 3.63) is 4.91 Å². The molecule has 4 N–H and O–H groups in total. The number of halogens is 1. The molecule has 9 heteroatoms. The molecule has 0 saturated heterocycles. The zero-order chi connectivity index (χ0) is 11.8. The van der Waals surface area contributed by atoms with E-state index in [2.05, 4.69) is 5.29 Å². The van der Waals surface area contributed by atoms with Crippen molar-refractivity contribution in [2.75, 3.05) is 19.0 Å². The molecule has 0 bridgehead atoms. The van der Waals surface area contributed by atoms with Crippen molar-refractivity contribution in [1.82, 2.24) is 10.3 Å². The monoisotopic (exact) mass is 238 g/mol. The molecule has 0 aromatic carbocycles. The minimum atomic E-state index is -1.25. The molecule has 0 aliphatic rings. The quantitative estimate of drug-likeness (QED) is 0.304. The Bertz CT molecular complexity index is 249. The van der Waals surface area contributed by atoms with Crippen molar-refractivity contribution in [2.45, 2.75) is 6.04 Å². The largest absolute Gasteiger partial charge is 0.394 e. The number of hydrogen-bond acceptors (Lipinski definition) is 5. The average molecular weight is 239 g/mol. The first-order valence-electron chi connectivity index (χ1n) is 3.94. The first kappa shape index (κ1) is 13.6. The fourth-order valence-electron chi connectivity index (χ4n) is 0.690. The van der Waals surface area contributed by atoms with Crippen LogP contribution in [0.25, 0.3) is 0 Å². The second-order valence-corrected chi connectivity index (χ2v) is 2.86. The minimum absolute atomic E-state index is 0.0134. The number of hydrogen-bond donors (Lipinski definition) is 3. The van der Waals surface area contributed by atoms with E-state index in [9.17, 15) is 14.5 Å². The van der Waals surface area contributed by atoms with Crippen molar-refractivity contribution in [3.63, 3.8) is 0 Å². The van der Waals surface area contributed by atoms with Crippen molar-refractivity contribution in [3.8, 4) is 0 Å². The molecule has 1 atom stereocenters. The van der Waals surface area contributed by atoms with E-state index in [0.29, 0.717) is 5.01 Å². The Morgan fingerprint density at radius 1 is 1.60 bits per heavy atom. The van der Waals surface area contributed by atoms with Gasteiger partial charge in [-0.1, -0.05) is 0 Å². The lowest BCUT2D eigenvalue weighted by atomic mass is 10.3. The van der Waals surface area contributed by atoms with Gasteiger partial charge >= 0.3 is 6.03 Å². The highest BCUT2D eigenvalue weighted by molar-refractivity contribution is 6.18. The van der Waals surface area contributed by atoms with Crippen LogP contribution < -0.4 is 11.1 Å². The van der Waals surface area contributed by atoms with Crippen LogP contribution in [0.1, 0.15) is 0 Å². The Kier molecular flexibility index (Phi) is 6.30. The summed E-state index contributed by atoms with van der Waals surface area (Å²) in [6.45, 7) is -0.761. The summed E-state index contributed by atoms with van der Waals surface area (Å²) in [5.74, 6) is -0.901. The highest BCUT2D eigenvalue weighted by atomic mass is 35.5. The zero-order valence-corrected chi connectivity index (χ0v) is 8.48. The molecule has 0 radical (unpaired) electrons. The van der Waals surface area contributed by atoms with E-state index < -0.39 is 24.6 Å². The van der Waals surface area contributed by atoms with Crippen LogP contribution in [0.15, 0.2) is 5.29 Å². The topological polar surface area (TPSA) is 125 Å². The van der Waals surface area contributed by atoms with E-state index in [1.54, 1.807) is 0 Å². The fourth-order valence-corrected chi connectivity index (χ4v) is 0.850. The average Bonchev–Trinajstić information content (AvgIpc) is 2.21. The Labute approximate surface area is 90.3 Å². The number of nitrogens with two attached hydrogens (primary N) is 1. The number of carbonyl (C=O) groups is 2. The standard InChI is InChI=1S/C6H11ClN4O4/c7-1-2-11(10-15)6(14)9-4(3-12)5(8)13/h4,12H,1-3H2,(H2,8,13)(H,9,14)/t4-/m0/s1. The number of nitroso groups, excluding NO2 is 1.